The highest BCUT2D eigenvalue weighted by molar-refractivity contribution is 7.08. The molecule has 3 aliphatic rings. The molecule has 0 bridgehead atoms. The molecule has 1 N–H and O–H groups in total. The average molecular weight is 511 g/mol. The molecule has 6 rings (SSSR count). The fourth-order valence-corrected chi connectivity index (χ4v) is 6.16. The van der Waals surface area contributed by atoms with Crippen molar-refractivity contribution in [1.29, 1.82) is 0 Å². The molecule has 3 aromatic rings. The molecule has 0 aromatic carbocycles. The van der Waals surface area contributed by atoms with Gasteiger partial charge < -0.3 is 19.9 Å². The Labute approximate surface area is 215 Å². The van der Waals surface area contributed by atoms with Gasteiger partial charge in [0.25, 0.3) is 0 Å². The summed E-state index contributed by atoms with van der Waals surface area (Å²) in [5.74, 6) is 1.81. The van der Waals surface area contributed by atoms with Crippen LogP contribution >= 0.6 is 11.3 Å². The lowest BCUT2D eigenvalue weighted by Crippen LogP contribution is -2.49. The first kappa shape index (κ1) is 23.6. The quantitative estimate of drug-likeness (QED) is 0.463. The summed E-state index contributed by atoms with van der Waals surface area (Å²) in [5, 5.41) is 7.69. The van der Waals surface area contributed by atoms with Crippen molar-refractivity contribution in [3.05, 3.63) is 23.2 Å². The van der Waals surface area contributed by atoms with Crippen LogP contribution in [0.25, 0.3) is 16.9 Å². The van der Waals surface area contributed by atoms with Crippen LogP contribution in [0.5, 0.6) is 0 Å². The molecule has 3 aromatic heterocycles. The Bertz CT molecular complexity index is 1170. The van der Waals surface area contributed by atoms with Crippen LogP contribution in [0, 0.1) is 0 Å². The van der Waals surface area contributed by atoms with Gasteiger partial charge in [-0.3, -0.25) is 14.3 Å². The number of hydrogen-bond donors (Lipinski definition) is 1. The number of likely N-dealkylation sites (tertiary alicyclic amines) is 1. The normalized spacial score (nSPS) is 20.1. The van der Waals surface area contributed by atoms with Crippen molar-refractivity contribution < 1.29 is 9.53 Å². The number of imidazole rings is 1. The van der Waals surface area contributed by atoms with E-state index in [2.05, 4.69) is 36.9 Å². The van der Waals surface area contributed by atoms with Crippen LogP contribution in [-0.4, -0.2) is 100 Å². The highest BCUT2D eigenvalue weighted by atomic mass is 32.1. The highest BCUT2D eigenvalue weighted by Gasteiger charge is 2.28. The van der Waals surface area contributed by atoms with E-state index in [-0.39, 0.29) is 5.91 Å². The van der Waals surface area contributed by atoms with Gasteiger partial charge in [0.1, 0.15) is 6.33 Å². The van der Waals surface area contributed by atoms with Crippen molar-refractivity contribution in [2.75, 3.05) is 69.2 Å². The minimum atomic E-state index is 0.275. The Morgan fingerprint density at radius 1 is 1.11 bits per heavy atom. The summed E-state index contributed by atoms with van der Waals surface area (Å²) in [6.45, 7) is 8.03. The van der Waals surface area contributed by atoms with E-state index in [1.54, 1.807) is 11.3 Å². The van der Waals surface area contributed by atoms with Crippen molar-refractivity contribution in [2.24, 2.45) is 0 Å². The maximum Gasteiger partial charge on any atom is 0.229 e. The number of rotatable bonds is 8. The number of amides is 1. The number of nitrogens with zero attached hydrogens (tertiary/aromatic N) is 7. The number of carbonyl (C=O) groups excluding carboxylic acids is 1. The second kappa shape index (κ2) is 10.7. The van der Waals surface area contributed by atoms with E-state index in [1.165, 1.54) is 0 Å². The molecule has 1 amide bonds. The van der Waals surface area contributed by atoms with Crippen molar-refractivity contribution >= 4 is 40.2 Å². The minimum absolute atomic E-state index is 0.275. The minimum Gasteiger partial charge on any atom is -0.379 e. The van der Waals surface area contributed by atoms with E-state index in [1.807, 2.05) is 15.8 Å². The van der Waals surface area contributed by atoms with Gasteiger partial charge in [0.05, 0.1) is 18.9 Å². The first-order valence-corrected chi connectivity index (χ1v) is 14.1. The molecule has 0 radical (unpaired) electrons. The summed E-state index contributed by atoms with van der Waals surface area (Å²) in [5.41, 5.74) is 2.67. The third-order valence-electron chi connectivity index (χ3n) is 7.55. The van der Waals surface area contributed by atoms with Crippen molar-refractivity contribution in [2.45, 2.75) is 38.1 Å². The number of hydrogen-bond acceptors (Lipinski definition) is 9. The fraction of sp³-hybridized carbons (Fsp3) is 0.600. The summed E-state index contributed by atoms with van der Waals surface area (Å²) in [7, 11) is 0. The van der Waals surface area contributed by atoms with Crippen molar-refractivity contribution in [3.8, 4) is 5.69 Å². The number of carbonyl (C=O) groups is 1. The van der Waals surface area contributed by atoms with Crippen LogP contribution in [-0.2, 0) is 9.53 Å². The molecule has 10 nitrogen and oxygen atoms in total. The lowest BCUT2D eigenvalue weighted by molar-refractivity contribution is -0.127. The Hall–Kier alpha value is -2.76. The number of piperidine rings is 1. The number of ether oxygens (including phenoxy) is 1. The summed E-state index contributed by atoms with van der Waals surface area (Å²) < 4.78 is 7.58. The molecule has 3 aliphatic heterocycles. The van der Waals surface area contributed by atoms with Crippen LogP contribution in [0.15, 0.2) is 23.2 Å². The van der Waals surface area contributed by atoms with Gasteiger partial charge in [-0.15, -0.1) is 0 Å². The smallest absolute Gasteiger partial charge is 0.229 e. The summed E-state index contributed by atoms with van der Waals surface area (Å²) in [6.07, 6.45) is 6.60. The first-order valence-electron chi connectivity index (χ1n) is 13.1. The molecule has 0 saturated carbocycles. The van der Waals surface area contributed by atoms with Crippen LogP contribution in [0.4, 0.5) is 11.8 Å². The first-order chi connectivity index (χ1) is 17.8. The van der Waals surface area contributed by atoms with Crippen LogP contribution in [0.1, 0.15) is 32.1 Å². The van der Waals surface area contributed by atoms with Gasteiger partial charge >= 0.3 is 0 Å². The molecule has 3 saturated heterocycles. The standard InChI is InChI=1S/C25H34N8O2S/c34-21-3-1-8-31(21)9-2-7-26-23-22-24(33(18-27-22)20-6-16-36-17-20)29-25(28-23)32-10-4-19(5-11-32)30-12-14-35-15-13-30/h6,16-19H,1-5,7-15H2,(H,26,28,29). The van der Waals surface area contributed by atoms with E-state index in [9.17, 15) is 4.79 Å². The maximum atomic E-state index is 11.9. The van der Waals surface area contributed by atoms with Crippen LogP contribution < -0.4 is 10.2 Å². The largest absolute Gasteiger partial charge is 0.379 e. The molecule has 6 heterocycles. The molecular weight excluding hydrogens is 476 g/mol. The number of thiophene rings is 1. The van der Waals surface area contributed by atoms with Gasteiger partial charge in [0.15, 0.2) is 17.0 Å². The molecule has 0 atom stereocenters. The molecule has 36 heavy (non-hydrogen) atoms. The maximum absolute atomic E-state index is 11.9. The van der Waals surface area contributed by atoms with E-state index in [0.29, 0.717) is 12.5 Å². The van der Waals surface area contributed by atoms with E-state index in [4.69, 9.17) is 14.7 Å². The van der Waals surface area contributed by atoms with Gasteiger partial charge in [-0.05, 0) is 37.1 Å². The Balaban J connectivity index is 1.20. The number of aromatic nitrogens is 4. The number of fused-ring (bicyclic) bond motifs is 1. The van der Waals surface area contributed by atoms with Gasteiger partial charge in [0, 0.05) is 63.7 Å². The molecular formula is C25H34N8O2S. The average Bonchev–Trinajstić information content (AvgIpc) is 3.68. The Morgan fingerprint density at radius 2 is 1.97 bits per heavy atom. The van der Waals surface area contributed by atoms with Crippen molar-refractivity contribution in [1.82, 2.24) is 29.3 Å². The zero-order valence-corrected chi connectivity index (χ0v) is 21.5. The highest BCUT2D eigenvalue weighted by Crippen LogP contribution is 2.28. The van der Waals surface area contributed by atoms with Crippen LogP contribution in [0.3, 0.4) is 0 Å². The predicted octanol–water partition coefficient (Wildman–Crippen LogP) is 2.60. The summed E-state index contributed by atoms with van der Waals surface area (Å²) in [4.78, 5) is 33.4. The number of nitrogens with one attached hydrogen (secondary N) is 1. The van der Waals surface area contributed by atoms with Gasteiger partial charge in [-0.2, -0.15) is 21.3 Å². The van der Waals surface area contributed by atoms with E-state index < -0.39 is 0 Å². The zero-order valence-electron chi connectivity index (χ0n) is 20.6. The number of anilines is 2. The molecule has 11 heteroatoms. The van der Waals surface area contributed by atoms with Crippen LogP contribution in [0.2, 0.25) is 0 Å². The second-order valence-electron chi connectivity index (χ2n) is 9.77. The second-order valence-corrected chi connectivity index (χ2v) is 10.6. The lowest BCUT2D eigenvalue weighted by atomic mass is 10.0. The zero-order chi connectivity index (χ0) is 24.3. The third-order valence-corrected chi connectivity index (χ3v) is 8.22. The predicted molar refractivity (Wildman–Crippen MR) is 141 cm³/mol. The molecule has 0 spiro atoms. The summed E-state index contributed by atoms with van der Waals surface area (Å²) >= 11 is 1.66. The summed E-state index contributed by atoms with van der Waals surface area (Å²) in [6, 6.07) is 2.69. The van der Waals surface area contributed by atoms with Gasteiger partial charge in [0.2, 0.25) is 11.9 Å². The van der Waals surface area contributed by atoms with E-state index in [0.717, 1.165) is 113 Å². The molecule has 0 unspecified atom stereocenters. The van der Waals surface area contributed by atoms with Gasteiger partial charge in [-0.25, -0.2) is 4.98 Å². The molecule has 192 valence electrons. The number of morpholine rings is 1. The molecule has 3 fully saturated rings. The Kier molecular flexibility index (Phi) is 7.02. The van der Waals surface area contributed by atoms with Gasteiger partial charge in [-0.1, -0.05) is 0 Å². The molecule has 0 aliphatic carbocycles. The topological polar surface area (TPSA) is 91.7 Å². The van der Waals surface area contributed by atoms with Crippen molar-refractivity contribution in [3.63, 3.8) is 0 Å². The monoisotopic (exact) mass is 510 g/mol. The van der Waals surface area contributed by atoms with E-state index >= 15 is 0 Å². The SMILES string of the molecule is O=C1CCCN1CCCNc1nc(N2CCC(N3CCOCC3)CC2)nc2c1ncn2-c1ccsc1. The Morgan fingerprint density at radius 3 is 2.72 bits per heavy atom. The fourth-order valence-electron chi connectivity index (χ4n) is 5.53. The third kappa shape index (κ3) is 4.91. The lowest BCUT2D eigenvalue weighted by Gasteiger charge is -2.40.